The summed E-state index contributed by atoms with van der Waals surface area (Å²) >= 11 is 0. The van der Waals surface area contributed by atoms with Crippen molar-refractivity contribution in [3.63, 3.8) is 0 Å². The Hall–Kier alpha value is -0.650. The van der Waals surface area contributed by atoms with Gasteiger partial charge in [-0.15, -0.1) is 0 Å². The van der Waals surface area contributed by atoms with Crippen molar-refractivity contribution in [1.29, 1.82) is 0 Å². The maximum atomic E-state index is 12.0. The number of nitrogens with two attached hydrogens (primary N) is 1. The highest BCUT2D eigenvalue weighted by Crippen LogP contribution is 2.13. The Bertz CT molecular complexity index is 231. The summed E-state index contributed by atoms with van der Waals surface area (Å²) in [5.41, 5.74) is 5.50. The number of carbonyl (C=O) groups excluding carboxylic acids is 1. The fourth-order valence-corrected chi connectivity index (χ4v) is 1.83. The van der Waals surface area contributed by atoms with Crippen molar-refractivity contribution in [2.45, 2.75) is 38.5 Å². The summed E-state index contributed by atoms with van der Waals surface area (Å²) in [5, 5.41) is 0. The third-order valence-corrected chi connectivity index (χ3v) is 2.93. The van der Waals surface area contributed by atoms with Crippen LogP contribution >= 0.6 is 0 Å². The van der Waals surface area contributed by atoms with E-state index in [0.717, 1.165) is 0 Å². The van der Waals surface area contributed by atoms with Crippen LogP contribution in [0.25, 0.3) is 0 Å². The average molecular weight is 230 g/mol. The molecule has 0 saturated carbocycles. The molecule has 1 amide bonds. The largest absolute Gasteiger partial charge is 0.380 e. The second-order valence-corrected chi connectivity index (χ2v) is 4.34. The van der Waals surface area contributed by atoms with Gasteiger partial charge in [0.05, 0.1) is 31.3 Å². The number of methoxy groups -OCH3 is 1. The molecule has 3 unspecified atom stereocenters. The summed E-state index contributed by atoms with van der Waals surface area (Å²) in [4.78, 5) is 13.9. The van der Waals surface area contributed by atoms with Crippen LogP contribution < -0.4 is 5.73 Å². The van der Waals surface area contributed by atoms with Gasteiger partial charge in [0.25, 0.3) is 0 Å². The van der Waals surface area contributed by atoms with Crippen molar-refractivity contribution in [2.75, 3.05) is 26.8 Å². The Morgan fingerprint density at radius 1 is 1.62 bits per heavy atom. The fraction of sp³-hybridized carbons (Fsp3) is 0.909. The molecule has 0 aromatic rings. The van der Waals surface area contributed by atoms with E-state index in [2.05, 4.69) is 0 Å². The molecule has 16 heavy (non-hydrogen) atoms. The molecule has 0 aromatic heterocycles. The van der Waals surface area contributed by atoms with E-state index < -0.39 is 0 Å². The molecule has 1 heterocycles. The normalized spacial score (nSPS) is 27.9. The molecular weight excluding hydrogens is 208 g/mol. The van der Waals surface area contributed by atoms with Crippen LogP contribution in [0.5, 0.6) is 0 Å². The Kier molecular flexibility index (Phi) is 5.18. The topological polar surface area (TPSA) is 64.8 Å². The Balaban J connectivity index is 2.51. The van der Waals surface area contributed by atoms with E-state index in [1.54, 1.807) is 7.11 Å². The van der Waals surface area contributed by atoms with Crippen molar-refractivity contribution in [3.8, 4) is 0 Å². The lowest BCUT2D eigenvalue weighted by atomic mass is 10.1. The highest BCUT2D eigenvalue weighted by atomic mass is 16.5. The summed E-state index contributed by atoms with van der Waals surface area (Å²) in [6.07, 6.45) is 0.279. The predicted octanol–water partition coefficient (Wildman–Crippen LogP) is -0.0140. The smallest absolute Gasteiger partial charge is 0.225 e. The molecule has 0 radical (unpaired) electrons. The summed E-state index contributed by atoms with van der Waals surface area (Å²) in [6.45, 7) is 5.60. The molecule has 3 atom stereocenters. The molecule has 5 nitrogen and oxygen atoms in total. The lowest BCUT2D eigenvalue weighted by molar-refractivity contribution is -0.145. The lowest BCUT2D eigenvalue weighted by Crippen LogP contribution is -2.51. The van der Waals surface area contributed by atoms with Crippen molar-refractivity contribution in [3.05, 3.63) is 0 Å². The van der Waals surface area contributed by atoms with E-state index >= 15 is 0 Å². The van der Waals surface area contributed by atoms with Gasteiger partial charge >= 0.3 is 0 Å². The zero-order valence-corrected chi connectivity index (χ0v) is 10.3. The number of hydrogen-bond donors (Lipinski definition) is 1. The monoisotopic (exact) mass is 230 g/mol. The van der Waals surface area contributed by atoms with Crippen LogP contribution in [0.3, 0.4) is 0 Å². The second kappa shape index (κ2) is 6.18. The van der Waals surface area contributed by atoms with Crippen LogP contribution in [0, 0.1) is 0 Å². The molecule has 2 N–H and O–H groups in total. The first-order valence-electron chi connectivity index (χ1n) is 5.72. The molecule has 0 aromatic carbocycles. The Morgan fingerprint density at radius 3 is 2.88 bits per heavy atom. The molecular formula is C11H22N2O3. The number of rotatable bonds is 4. The van der Waals surface area contributed by atoms with Crippen molar-refractivity contribution >= 4 is 5.91 Å². The van der Waals surface area contributed by atoms with Crippen LogP contribution in [0.4, 0.5) is 0 Å². The number of hydrogen-bond acceptors (Lipinski definition) is 4. The van der Waals surface area contributed by atoms with E-state index in [-0.39, 0.29) is 24.2 Å². The molecule has 1 aliphatic rings. The molecule has 1 fully saturated rings. The lowest BCUT2D eigenvalue weighted by Gasteiger charge is -2.37. The van der Waals surface area contributed by atoms with Crippen LogP contribution in [0.15, 0.2) is 0 Å². The van der Waals surface area contributed by atoms with Crippen LogP contribution in [0.1, 0.15) is 20.3 Å². The van der Waals surface area contributed by atoms with E-state index in [1.165, 1.54) is 0 Å². The molecule has 1 rings (SSSR count). The van der Waals surface area contributed by atoms with Gasteiger partial charge in [-0.2, -0.15) is 0 Å². The first-order valence-corrected chi connectivity index (χ1v) is 5.72. The van der Waals surface area contributed by atoms with Gasteiger partial charge in [0.2, 0.25) is 5.91 Å². The van der Waals surface area contributed by atoms with E-state index in [9.17, 15) is 4.79 Å². The van der Waals surface area contributed by atoms with E-state index in [0.29, 0.717) is 26.1 Å². The number of nitrogens with zero attached hydrogens (tertiary/aromatic N) is 1. The van der Waals surface area contributed by atoms with Gasteiger partial charge in [0.1, 0.15) is 0 Å². The van der Waals surface area contributed by atoms with Crippen molar-refractivity contribution < 1.29 is 14.3 Å². The summed E-state index contributed by atoms with van der Waals surface area (Å²) in [6, 6.07) is 0.138. The van der Waals surface area contributed by atoms with Crippen LogP contribution in [-0.2, 0) is 14.3 Å². The zero-order valence-electron chi connectivity index (χ0n) is 10.3. The predicted molar refractivity (Wildman–Crippen MR) is 61.1 cm³/mol. The fourth-order valence-electron chi connectivity index (χ4n) is 1.83. The standard InChI is InChI=1S/C11H22N2O3/c1-8-7-16-9(2)6-13(8)11(14)4-10(5-12)15-3/h8-10H,4-7,12H2,1-3H3. The van der Waals surface area contributed by atoms with E-state index in [1.807, 2.05) is 18.7 Å². The van der Waals surface area contributed by atoms with Gasteiger partial charge in [-0.3, -0.25) is 4.79 Å². The number of amides is 1. The Labute approximate surface area is 96.9 Å². The molecule has 1 aliphatic heterocycles. The second-order valence-electron chi connectivity index (χ2n) is 4.34. The quantitative estimate of drug-likeness (QED) is 0.737. The van der Waals surface area contributed by atoms with Gasteiger partial charge in [-0.05, 0) is 13.8 Å². The molecule has 0 spiro atoms. The maximum Gasteiger partial charge on any atom is 0.225 e. The number of ether oxygens (including phenoxy) is 2. The van der Waals surface area contributed by atoms with E-state index in [4.69, 9.17) is 15.2 Å². The summed E-state index contributed by atoms with van der Waals surface area (Å²) in [5.74, 6) is 0.0972. The molecule has 94 valence electrons. The minimum atomic E-state index is -0.183. The molecule has 0 bridgehead atoms. The number of carbonyl (C=O) groups is 1. The van der Waals surface area contributed by atoms with Gasteiger partial charge in [-0.25, -0.2) is 0 Å². The summed E-state index contributed by atoms with van der Waals surface area (Å²) < 4.78 is 10.6. The maximum absolute atomic E-state index is 12.0. The average Bonchev–Trinajstić information content (AvgIpc) is 2.28. The number of morpholine rings is 1. The van der Waals surface area contributed by atoms with Crippen LogP contribution in [-0.4, -0.2) is 55.9 Å². The Morgan fingerprint density at radius 2 is 2.31 bits per heavy atom. The highest BCUT2D eigenvalue weighted by molar-refractivity contribution is 5.77. The first-order chi connectivity index (χ1) is 7.58. The summed E-state index contributed by atoms with van der Waals surface area (Å²) in [7, 11) is 1.58. The van der Waals surface area contributed by atoms with Gasteiger partial charge < -0.3 is 20.1 Å². The molecule has 1 saturated heterocycles. The van der Waals surface area contributed by atoms with Gasteiger partial charge in [-0.1, -0.05) is 0 Å². The first kappa shape index (κ1) is 13.4. The highest BCUT2D eigenvalue weighted by Gasteiger charge is 2.28. The third kappa shape index (κ3) is 3.43. The van der Waals surface area contributed by atoms with Gasteiger partial charge in [0, 0.05) is 20.2 Å². The third-order valence-electron chi connectivity index (χ3n) is 2.93. The SMILES string of the molecule is COC(CN)CC(=O)N1CC(C)OCC1C. The minimum Gasteiger partial charge on any atom is -0.380 e. The van der Waals surface area contributed by atoms with Crippen LogP contribution in [0.2, 0.25) is 0 Å². The van der Waals surface area contributed by atoms with Gasteiger partial charge in [0.15, 0.2) is 0 Å². The zero-order chi connectivity index (χ0) is 12.1. The van der Waals surface area contributed by atoms with Crippen molar-refractivity contribution in [1.82, 2.24) is 4.90 Å². The molecule has 0 aliphatic carbocycles. The minimum absolute atomic E-state index is 0.0972. The molecule has 5 heteroatoms. The van der Waals surface area contributed by atoms with Crippen molar-refractivity contribution in [2.24, 2.45) is 5.73 Å².